The third kappa shape index (κ3) is 14.1. The van der Waals surface area contributed by atoms with Crippen LogP contribution in [0.1, 0.15) is 104 Å². The van der Waals surface area contributed by atoms with Gasteiger partial charge in [0.15, 0.2) is 0 Å². The minimum atomic E-state index is -1.14. The Balaban J connectivity index is 0.788. The van der Waals surface area contributed by atoms with Crippen LogP contribution in [0.25, 0.3) is 11.1 Å². The third-order valence-electron chi connectivity index (χ3n) is 17.7. The summed E-state index contributed by atoms with van der Waals surface area (Å²) < 4.78 is 0. The van der Waals surface area contributed by atoms with E-state index in [2.05, 4.69) is 37.2 Å². The lowest BCUT2D eigenvalue weighted by atomic mass is 9.98. The molecule has 10 amide bonds. The SMILES string of the molecule is CCC(=O)N[C@H]1CN(C(=O)Nc2ccc(-c3ccc(NC(=O)N4CC[C@H]5CC[C@@H](C(=O)NC(c6ccccc6)c6ccccc6)N5C(=O)[C@@H](NC(=O)[C@H](C)NC)C4)c(C)c3)cc2C)CC[C@H]2CCC(C(=O)NC(c3ccccc3)c3ccccc3)N2C1=O. The fourth-order valence-corrected chi connectivity index (χ4v) is 12.7. The Hall–Kier alpha value is -9.36. The molecule has 4 saturated heterocycles. The largest absolute Gasteiger partial charge is 0.343 e. The zero-order valence-electron chi connectivity index (χ0n) is 50.5. The molecule has 4 aliphatic heterocycles. The number of aryl methyl sites for hydroxylation is 2. The van der Waals surface area contributed by atoms with Gasteiger partial charge in [-0.3, -0.25) is 28.8 Å². The van der Waals surface area contributed by atoms with Crippen molar-refractivity contribution < 1.29 is 38.4 Å². The van der Waals surface area contributed by atoms with Gasteiger partial charge in [0, 0.05) is 43.0 Å². The van der Waals surface area contributed by atoms with Crippen LogP contribution >= 0.6 is 0 Å². The van der Waals surface area contributed by atoms with Crippen molar-refractivity contribution in [2.75, 3.05) is 43.9 Å². The molecule has 0 bridgehead atoms. The van der Waals surface area contributed by atoms with E-state index in [1.54, 1.807) is 40.5 Å². The second kappa shape index (κ2) is 28.0. The first-order valence-corrected chi connectivity index (χ1v) is 30.6. The highest BCUT2D eigenvalue weighted by atomic mass is 16.2. The summed E-state index contributed by atoms with van der Waals surface area (Å²) in [7, 11) is 1.65. The Labute approximate surface area is 514 Å². The van der Waals surface area contributed by atoms with Crippen molar-refractivity contribution in [2.45, 2.75) is 127 Å². The Morgan fingerprint density at radius 2 is 0.875 bits per heavy atom. The van der Waals surface area contributed by atoms with Crippen LogP contribution in [0.3, 0.4) is 0 Å². The minimum absolute atomic E-state index is 0.0985. The van der Waals surface area contributed by atoms with Crippen LogP contribution in [0, 0.1) is 13.8 Å². The van der Waals surface area contributed by atoms with E-state index in [-0.39, 0.29) is 62.4 Å². The molecule has 1 unspecified atom stereocenters. The summed E-state index contributed by atoms with van der Waals surface area (Å²) in [6.07, 6.45) is 2.93. The highest BCUT2D eigenvalue weighted by Crippen LogP contribution is 2.35. The molecule has 19 nitrogen and oxygen atoms in total. The summed E-state index contributed by atoms with van der Waals surface area (Å²) in [6.45, 7) is 7.47. The van der Waals surface area contributed by atoms with E-state index < -0.39 is 72.1 Å². The second-order valence-corrected chi connectivity index (χ2v) is 23.4. The highest BCUT2D eigenvalue weighted by Gasteiger charge is 2.48. The van der Waals surface area contributed by atoms with Crippen LogP contribution in [0.4, 0.5) is 21.0 Å². The number of anilines is 2. The van der Waals surface area contributed by atoms with Gasteiger partial charge in [0.05, 0.1) is 31.2 Å². The predicted octanol–water partition coefficient (Wildman–Crippen LogP) is 7.96. The van der Waals surface area contributed by atoms with Crippen molar-refractivity contribution in [2.24, 2.45) is 0 Å². The molecule has 7 atom stereocenters. The quantitative estimate of drug-likeness (QED) is 0.0497. The molecule has 0 aromatic heterocycles. The zero-order valence-corrected chi connectivity index (χ0v) is 50.5. The molecule has 4 fully saturated rings. The summed E-state index contributed by atoms with van der Waals surface area (Å²) in [5, 5.41) is 21.3. The monoisotopic (exact) mass is 1190 g/mol. The molecule has 6 aromatic rings. The number of nitrogens with zero attached hydrogens (tertiary/aromatic N) is 4. The normalized spacial score (nSPS) is 20.6. The van der Waals surface area contributed by atoms with Crippen LogP contribution in [-0.4, -0.2) is 143 Å². The molecule has 0 radical (unpaired) electrons. The van der Waals surface area contributed by atoms with E-state index >= 15 is 0 Å². The molecular weight excluding hydrogens is 1110 g/mol. The molecule has 4 aliphatic rings. The number of carbonyl (C=O) groups is 8. The van der Waals surface area contributed by atoms with E-state index in [1.165, 1.54) is 0 Å². The first-order valence-electron chi connectivity index (χ1n) is 30.6. The number of benzene rings is 6. The number of urea groups is 2. The molecule has 0 aliphatic carbocycles. The van der Waals surface area contributed by atoms with Crippen molar-refractivity contribution in [3.05, 3.63) is 191 Å². The van der Waals surface area contributed by atoms with Gasteiger partial charge in [0.25, 0.3) is 0 Å². The van der Waals surface area contributed by atoms with Crippen LogP contribution in [-0.2, 0) is 28.8 Å². The first-order chi connectivity index (χ1) is 42.6. The summed E-state index contributed by atoms with van der Waals surface area (Å²) in [4.78, 5) is 120. The smallest absolute Gasteiger partial charge is 0.321 e. The van der Waals surface area contributed by atoms with Crippen LogP contribution in [0.5, 0.6) is 0 Å². The number of amides is 10. The van der Waals surface area contributed by atoms with Gasteiger partial charge >= 0.3 is 12.1 Å². The van der Waals surface area contributed by atoms with Crippen molar-refractivity contribution in [3.8, 4) is 11.1 Å². The third-order valence-corrected chi connectivity index (χ3v) is 17.7. The zero-order chi connectivity index (χ0) is 62.0. The minimum Gasteiger partial charge on any atom is -0.343 e. The summed E-state index contributed by atoms with van der Waals surface area (Å²) in [6, 6.07) is 43.2. The topological polar surface area (TPSA) is 234 Å². The van der Waals surface area contributed by atoms with E-state index in [0.29, 0.717) is 49.9 Å². The lowest BCUT2D eigenvalue weighted by molar-refractivity contribution is -0.144. The van der Waals surface area contributed by atoms with Crippen molar-refractivity contribution in [1.29, 1.82) is 0 Å². The van der Waals surface area contributed by atoms with Crippen molar-refractivity contribution in [1.82, 2.24) is 46.2 Å². The number of likely N-dealkylation sites (N-methyl/N-ethyl adjacent to an activating group) is 1. The van der Waals surface area contributed by atoms with Gasteiger partial charge in [0.1, 0.15) is 24.2 Å². The maximum atomic E-state index is 14.8. The van der Waals surface area contributed by atoms with Crippen LogP contribution in [0.15, 0.2) is 158 Å². The Kier molecular flexibility index (Phi) is 19.6. The number of hydrogen-bond acceptors (Lipinski definition) is 9. The number of rotatable bonds is 16. The molecular formula is C69H79N11O8. The fraction of sp³-hybridized carbons (Fsp3) is 0.362. The average molecular weight is 1190 g/mol. The van der Waals surface area contributed by atoms with Gasteiger partial charge in [-0.2, -0.15) is 0 Å². The maximum Gasteiger partial charge on any atom is 0.321 e. The van der Waals surface area contributed by atoms with Gasteiger partial charge in [-0.1, -0.05) is 140 Å². The summed E-state index contributed by atoms with van der Waals surface area (Å²) >= 11 is 0. The number of carbonyl (C=O) groups excluding carboxylic acids is 8. The first kappa shape index (κ1) is 61.7. The Bertz CT molecular complexity index is 3420. The van der Waals surface area contributed by atoms with Crippen LogP contribution < -0.4 is 37.2 Å². The summed E-state index contributed by atoms with van der Waals surface area (Å²) in [5.74, 6) is -2.17. The van der Waals surface area contributed by atoms with Gasteiger partial charge in [0.2, 0.25) is 35.4 Å². The molecule has 0 spiro atoms. The molecule has 10 rings (SSSR count). The van der Waals surface area contributed by atoms with Gasteiger partial charge in [-0.05, 0) is 135 Å². The highest BCUT2D eigenvalue weighted by molar-refractivity contribution is 5.97. The number of nitrogens with one attached hydrogen (secondary N) is 7. The maximum absolute atomic E-state index is 14.8. The summed E-state index contributed by atoms with van der Waals surface area (Å²) in [5.41, 5.74) is 7.97. The van der Waals surface area contributed by atoms with Gasteiger partial charge in [-0.15, -0.1) is 0 Å². The van der Waals surface area contributed by atoms with E-state index in [9.17, 15) is 38.4 Å². The molecule has 0 saturated carbocycles. The van der Waals surface area contributed by atoms with E-state index in [4.69, 9.17) is 0 Å². The van der Waals surface area contributed by atoms with E-state index in [0.717, 1.165) is 44.5 Å². The van der Waals surface area contributed by atoms with E-state index in [1.807, 2.05) is 172 Å². The lowest BCUT2D eigenvalue weighted by Crippen LogP contribution is -2.62. The standard InChI is InChI=1S/C69H79N11O8/c1-6-60(81)71-56-41-77(37-35-52-29-33-58(79(52)66(56)85)64(83)75-61(46-19-11-7-12-20-46)47-21-13-8-14-22-47)68(87)73-54-31-27-50(39-43(54)2)51-28-32-55(44(3)40-51)74-69(88)78-38-36-53-30-34-59(80(53)67(86)57(42-78)72-63(82)45(4)70-5)65(84)76-62(48-23-15-9-16-24-48)49-25-17-10-18-26-49/h7-28,31-32,39-40,45,52-53,56-59,61-62,70H,6,29-30,33-38,41-42H2,1-5H3,(H,71,81)(H,72,82)(H,73,87)(H,74,88)(H,75,83)(H,76,84)/t45-,52+,53+,56-,57-,58?,59-/m0/s1. The number of fused-ring (bicyclic) bond motifs is 2. The second-order valence-electron chi connectivity index (χ2n) is 23.4. The van der Waals surface area contributed by atoms with Gasteiger partial charge in [-0.25, -0.2) is 9.59 Å². The average Bonchev–Trinajstić information content (AvgIpc) is 2.91. The predicted molar refractivity (Wildman–Crippen MR) is 337 cm³/mol. The van der Waals surface area contributed by atoms with Gasteiger partial charge < -0.3 is 56.8 Å². The Morgan fingerprint density at radius 3 is 1.23 bits per heavy atom. The lowest BCUT2D eigenvalue weighted by Gasteiger charge is -2.39. The molecule has 7 N–H and O–H groups in total. The van der Waals surface area contributed by atoms with Crippen LogP contribution in [0.2, 0.25) is 0 Å². The van der Waals surface area contributed by atoms with Crippen molar-refractivity contribution >= 4 is 58.9 Å². The molecule has 88 heavy (non-hydrogen) atoms. The number of hydrogen-bond donors (Lipinski definition) is 7. The Morgan fingerprint density at radius 1 is 0.500 bits per heavy atom. The molecule has 4 heterocycles. The van der Waals surface area contributed by atoms with Crippen molar-refractivity contribution in [3.63, 3.8) is 0 Å². The molecule has 458 valence electrons. The fourth-order valence-electron chi connectivity index (χ4n) is 12.7. The molecule has 19 heteroatoms. The molecule has 6 aromatic carbocycles.